The number of pyridine rings is 1. The van der Waals surface area contributed by atoms with Gasteiger partial charge >= 0.3 is 0 Å². The summed E-state index contributed by atoms with van der Waals surface area (Å²) < 4.78 is 19.4. The van der Waals surface area contributed by atoms with E-state index in [1.54, 1.807) is 12.1 Å². The summed E-state index contributed by atoms with van der Waals surface area (Å²) in [5, 5.41) is 0.704. The minimum Gasteiger partial charge on any atom is -0.378 e. The van der Waals surface area contributed by atoms with Crippen LogP contribution in [0.2, 0.25) is 0 Å². The molecular weight excluding hydrogens is 319 g/mol. The smallest absolute Gasteiger partial charge is 0.254 e. The topological polar surface area (TPSA) is 42.4 Å². The summed E-state index contributed by atoms with van der Waals surface area (Å²) in [6.07, 6.45) is 1.95. The summed E-state index contributed by atoms with van der Waals surface area (Å²) in [6, 6.07) is 6.19. The molecule has 1 fully saturated rings. The van der Waals surface area contributed by atoms with Gasteiger partial charge in [0.15, 0.2) is 0 Å². The van der Waals surface area contributed by atoms with Crippen LogP contribution in [0.15, 0.2) is 24.3 Å². The minimum atomic E-state index is -0.341. The predicted molar refractivity (Wildman–Crippen MR) is 96.2 cm³/mol. The normalized spacial score (nSPS) is 16.0. The number of ether oxygens (including phenoxy) is 1. The number of rotatable bonds is 4. The molecule has 0 N–H and O–H groups in total. The lowest BCUT2D eigenvalue weighted by Gasteiger charge is -2.32. The molecule has 25 heavy (non-hydrogen) atoms. The first kappa shape index (κ1) is 17.8. The summed E-state index contributed by atoms with van der Waals surface area (Å²) in [6.45, 7) is 8.24. The maximum atomic E-state index is 13.5. The molecule has 4 nitrogen and oxygen atoms in total. The van der Waals surface area contributed by atoms with E-state index in [9.17, 15) is 9.18 Å². The molecule has 0 spiro atoms. The van der Waals surface area contributed by atoms with Crippen molar-refractivity contribution in [2.24, 2.45) is 5.92 Å². The number of aromatic nitrogens is 1. The van der Waals surface area contributed by atoms with Gasteiger partial charge in [0.1, 0.15) is 5.82 Å². The van der Waals surface area contributed by atoms with Crippen LogP contribution < -0.4 is 0 Å². The van der Waals surface area contributed by atoms with Gasteiger partial charge in [-0.3, -0.25) is 9.78 Å². The van der Waals surface area contributed by atoms with Gasteiger partial charge in [-0.05, 0) is 43.9 Å². The fourth-order valence-electron chi connectivity index (χ4n) is 3.24. The van der Waals surface area contributed by atoms with Crippen molar-refractivity contribution in [1.82, 2.24) is 9.88 Å². The SMILES string of the molecule is Cc1cc(C(=O)N2CCC(OCC(C)C)CC2)c2ccc(F)cc2n1. The van der Waals surface area contributed by atoms with Gasteiger partial charge in [-0.25, -0.2) is 4.39 Å². The van der Waals surface area contributed by atoms with E-state index >= 15 is 0 Å². The molecule has 1 aliphatic heterocycles. The Morgan fingerprint density at radius 1 is 1.32 bits per heavy atom. The zero-order valence-electron chi connectivity index (χ0n) is 15.1. The van der Waals surface area contributed by atoms with E-state index in [0.29, 0.717) is 35.5 Å². The Labute approximate surface area is 148 Å². The van der Waals surface area contributed by atoms with Crippen LogP contribution in [0, 0.1) is 18.7 Å². The number of fused-ring (bicyclic) bond motifs is 1. The quantitative estimate of drug-likeness (QED) is 0.843. The van der Waals surface area contributed by atoms with Gasteiger partial charge in [0.25, 0.3) is 5.91 Å². The molecule has 5 heteroatoms. The Morgan fingerprint density at radius 2 is 2.04 bits per heavy atom. The average Bonchev–Trinajstić information content (AvgIpc) is 2.58. The van der Waals surface area contributed by atoms with Crippen molar-refractivity contribution in [3.63, 3.8) is 0 Å². The van der Waals surface area contributed by atoms with Crippen LogP contribution >= 0.6 is 0 Å². The first-order valence-electron chi connectivity index (χ1n) is 8.92. The van der Waals surface area contributed by atoms with Gasteiger partial charge in [-0.15, -0.1) is 0 Å². The number of likely N-dealkylation sites (tertiary alicyclic amines) is 1. The van der Waals surface area contributed by atoms with Crippen molar-refractivity contribution in [1.29, 1.82) is 0 Å². The van der Waals surface area contributed by atoms with Crippen molar-refractivity contribution < 1.29 is 13.9 Å². The predicted octanol–water partition coefficient (Wildman–Crippen LogP) is 3.96. The van der Waals surface area contributed by atoms with Gasteiger partial charge in [-0.1, -0.05) is 13.8 Å². The highest BCUT2D eigenvalue weighted by Crippen LogP contribution is 2.23. The van der Waals surface area contributed by atoms with E-state index in [0.717, 1.165) is 25.1 Å². The second-order valence-electron chi connectivity index (χ2n) is 7.19. The third-order valence-corrected chi connectivity index (χ3v) is 4.52. The molecule has 0 saturated carbocycles. The largest absolute Gasteiger partial charge is 0.378 e. The van der Waals surface area contributed by atoms with Crippen molar-refractivity contribution in [3.8, 4) is 0 Å². The van der Waals surface area contributed by atoms with Gasteiger partial charge in [0, 0.05) is 36.8 Å². The molecule has 0 bridgehead atoms. The first-order chi connectivity index (χ1) is 11.9. The second kappa shape index (κ2) is 7.48. The van der Waals surface area contributed by atoms with Gasteiger partial charge in [-0.2, -0.15) is 0 Å². The Bertz CT molecular complexity index is 762. The zero-order valence-corrected chi connectivity index (χ0v) is 15.1. The number of nitrogens with zero attached hydrogens (tertiary/aromatic N) is 2. The lowest BCUT2D eigenvalue weighted by molar-refractivity contribution is -0.00227. The molecule has 3 rings (SSSR count). The van der Waals surface area contributed by atoms with Gasteiger partial charge in [0.2, 0.25) is 0 Å². The third-order valence-electron chi connectivity index (χ3n) is 4.52. The molecule has 0 atom stereocenters. The number of piperidine rings is 1. The maximum Gasteiger partial charge on any atom is 0.254 e. The molecule has 134 valence electrons. The van der Waals surface area contributed by atoms with Crippen molar-refractivity contribution >= 4 is 16.8 Å². The van der Waals surface area contributed by atoms with Crippen LogP contribution in [0.3, 0.4) is 0 Å². The van der Waals surface area contributed by atoms with E-state index < -0.39 is 0 Å². The van der Waals surface area contributed by atoms with Crippen LogP contribution in [0.25, 0.3) is 10.9 Å². The van der Waals surface area contributed by atoms with E-state index in [2.05, 4.69) is 18.8 Å². The Kier molecular flexibility index (Phi) is 5.33. The standard InChI is InChI=1S/C20H25FN2O2/c1-13(2)12-25-16-6-8-23(9-7-16)20(24)18-10-14(3)22-19-11-15(21)4-5-17(18)19/h4-5,10-11,13,16H,6-9,12H2,1-3H3. The number of halogens is 1. The number of carbonyl (C=O) groups excluding carboxylic acids is 1. The first-order valence-corrected chi connectivity index (χ1v) is 8.92. The second-order valence-corrected chi connectivity index (χ2v) is 7.19. The van der Waals surface area contributed by atoms with E-state index in [1.807, 2.05) is 11.8 Å². The molecular formula is C20H25FN2O2. The molecule has 0 radical (unpaired) electrons. The average molecular weight is 344 g/mol. The Morgan fingerprint density at radius 3 is 2.72 bits per heavy atom. The molecule has 1 amide bonds. The number of aryl methyl sites for hydroxylation is 1. The van der Waals surface area contributed by atoms with E-state index in [-0.39, 0.29) is 17.8 Å². The number of carbonyl (C=O) groups is 1. The summed E-state index contributed by atoms with van der Waals surface area (Å²) in [4.78, 5) is 19.2. The van der Waals surface area contributed by atoms with Crippen LogP contribution in [-0.4, -0.2) is 41.6 Å². The Hall–Kier alpha value is -2.01. The zero-order chi connectivity index (χ0) is 18.0. The highest BCUT2D eigenvalue weighted by molar-refractivity contribution is 6.06. The van der Waals surface area contributed by atoms with Crippen molar-refractivity contribution in [2.45, 2.75) is 39.7 Å². The van der Waals surface area contributed by atoms with E-state index in [4.69, 9.17) is 4.74 Å². The molecule has 1 aliphatic rings. The van der Waals surface area contributed by atoms with Crippen LogP contribution in [0.4, 0.5) is 4.39 Å². The fraction of sp³-hybridized carbons (Fsp3) is 0.500. The van der Waals surface area contributed by atoms with E-state index in [1.165, 1.54) is 12.1 Å². The molecule has 2 aromatic rings. The van der Waals surface area contributed by atoms with Crippen LogP contribution in [-0.2, 0) is 4.74 Å². The minimum absolute atomic E-state index is 0.00980. The molecule has 1 aromatic carbocycles. The fourth-order valence-corrected chi connectivity index (χ4v) is 3.24. The van der Waals surface area contributed by atoms with Crippen LogP contribution in [0.5, 0.6) is 0 Å². The van der Waals surface area contributed by atoms with Crippen LogP contribution in [0.1, 0.15) is 42.7 Å². The number of hydrogen-bond acceptors (Lipinski definition) is 3. The number of hydrogen-bond donors (Lipinski definition) is 0. The maximum absolute atomic E-state index is 13.5. The molecule has 1 saturated heterocycles. The van der Waals surface area contributed by atoms with Crippen molar-refractivity contribution in [3.05, 3.63) is 41.3 Å². The number of benzene rings is 1. The molecule has 0 aliphatic carbocycles. The molecule has 0 unspecified atom stereocenters. The lowest BCUT2D eigenvalue weighted by Crippen LogP contribution is -2.41. The lowest BCUT2D eigenvalue weighted by atomic mass is 10.0. The monoisotopic (exact) mass is 344 g/mol. The van der Waals surface area contributed by atoms with Crippen molar-refractivity contribution in [2.75, 3.05) is 19.7 Å². The summed E-state index contributed by atoms with van der Waals surface area (Å²) in [5.41, 5.74) is 1.85. The van der Waals surface area contributed by atoms with Gasteiger partial charge < -0.3 is 9.64 Å². The highest BCUT2D eigenvalue weighted by atomic mass is 19.1. The molecule has 2 heterocycles. The number of amides is 1. The summed E-state index contributed by atoms with van der Waals surface area (Å²) >= 11 is 0. The molecule has 1 aromatic heterocycles. The Balaban J connectivity index is 1.75. The highest BCUT2D eigenvalue weighted by Gasteiger charge is 2.25. The van der Waals surface area contributed by atoms with Gasteiger partial charge in [0.05, 0.1) is 17.2 Å². The third kappa shape index (κ3) is 4.15. The summed E-state index contributed by atoms with van der Waals surface area (Å²) in [7, 11) is 0. The summed E-state index contributed by atoms with van der Waals surface area (Å²) in [5.74, 6) is 0.169.